The van der Waals surface area contributed by atoms with Crippen molar-refractivity contribution in [3.8, 4) is 40.4 Å². The van der Waals surface area contributed by atoms with E-state index < -0.39 is 6.81 Å². The third kappa shape index (κ3) is 6.37. The van der Waals surface area contributed by atoms with Gasteiger partial charge < -0.3 is 15.8 Å². The molecule has 0 bridgehead atoms. The fourth-order valence-electron chi connectivity index (χ4n) is 5.62. The molecule has 0 radical (unpaired) electrons. The smallest absolute Gasteiger partial charge is 0.234 e. The van der Waals surface area contributed by atoms with E-state index in [-0.39, 0.29) is 23.6 Å². The average Bonchev–Trinajstić information content (AvgIpc) is 3.48. The van der Waals surface area contributed by atoms with E-state index in [1.165, 1.54) is 18.5 Å². The van der Waals surface area contributed by atoms with E-state index in [0.29, 0.717) is 39.8 Å². The third-order valence-electron chi connectivity index (χ3n) is 7.91. The number of hydrogen-bond donors (Lipinski definition) is 2. The molecule has 1 saturated heterocycles. The van der Waals surface area contributed by atoms with E-state index in [1.54, 1.807) is 30.6 Å². The summed E-state index contributed by atoms with van der Waals surface area (Å²) in [4.78, 5) is 33.0. The largest absolute Gasteiger partial charge is 0.446 e. The minimum Gasteiger partial charge on any atom is -0.446 e. The van der Waals surface area contributed by atoms with Gasteiger partial charge in [-0.2, -0.15) is 5.26 Å². The van der Waals surface area contributed by atoms with Gasteiger partial charge in [0.15, 0.2) is 17.3 Å². The molecule has 0 spiro atoms. The number of rotatable bonds is 9. The molecule has 1 aliphatic heterocycles. The molecule has 3 N–H and O–H groups in total. The molecule has 0 saturated carbocycles. The van der Waals surface area contributed by atoms with Crippen LogP contribution in [0, 0.1) is 11.3 Å². The average molecular weight is 631 g/mol. The highest BCUT2D eigenvalue weighted by molar-refractivity contribution is 5.83. The molecule has 0 aliphatic carbocycles. The molecule has 1 fully saturated rings. The summed E-state index contributed by atoms with van der Waals surface area (Å²) in [6.45, 7) is -0.738. The number of alkyl halides is 1. The van der Waals surface area contributed by atoms with Crippen molar-refractivity contribution in [1.82, 2.24) is 44.4 Å². The Bertz CT molecular complexity index is 2140. The van der Waals surface area contributed by atoms with Crippen LogP contribution in [0.2, 0.25) is 0 Å². The Kier molecular flexibility index (Phi) is 7.61. The Morgan fingerprint density at radius 3 is 2.53 bits per heavy atom. The van der Waals surface area contributed by atoms with Crippen molar-refractivity contribution < 1.29 is 11.9 Å². The summed E-state index contributed by atoms with van der Waals surface area (Å²) in [6, 6.07) is 18.8. The van der Waals surface area contributed by atoms with Crippen molar-refractivity contribution >= 4 is 22.8 Å². The Balaban J connectivity index is 1.13. The number of halogens is 1. The molecule has 0 atom stereocenters. The molecule has 1 aliphatic rings. The number of benzene rings is 1. The monoisotopic (exact) mass is 630 g/mol. The molecule has 6 aromatic rings. The van der Waals surface area contributed by atoms with E-state index in [4.69, 9.17) is 23.7 Å². The molecule has 1 aromatic carbocycles. The van der Waals surface area contributed by atoms with Crippen LogP contribution in [0.3, 0.4) is 0 Å². The number of imidazole rings is 1. The van der Waals surface area contributed by atoms with Crippen LogP contribution >= 0.6 is 0 Å². The van der Waals surface area contributed by atoms with Gasteiger partial charge in [-0.05, 0) is 54.8 Å². The van der Waals surface area contributed by atoms with Crippen molar-refractivity contribution in [3.63, 3.8) is 0 Å². The maximum Gasteiger partial charge on any atom is 0.234 e. The Morgan fingerprint density at radius 1 is 0.957 bits per heavy atom. The molecule has 47 heavy (non-hydrogen) atoms. The first kappa shape index (κ1) is 27.3. The van der Waals surface area contributed by atoms with Gasteiger partial charge in [-0.1, -0.05) is 12.1 Å². The molecule has 6 heterocycles. The summed E-state index contributed by atoms with van der Waals surface area (Å²) >= 11 is 0. The predicted octanol–water partition coefficient (Wildman–Crippen LogP) is 4.57. The van der Waals surface area contributed by atoms with Crippen molar-refractivity contribution in [2.45, 2.75) is 25.4 Å². The summed E-state index contributed by atoms with van der Waals surface area (Å²) in [5.41, 5.74) is 10.9. The minimum absolute atomic E-state index is 0.153. The lowest BCUT2D eigenvalue weighted by molar-refractivity contribution is 0.185. The van der Waals surface area contributed by atoms with Crippen LogP contribution in [0.25, 0.3) is 39.6 Å². The van der Waals surface area contributed by atoms with Gasteiger partial charge in [0.05, 0.1) is 5.69 Å². The molecular formula is C33H29FN12O. The van der Waals surface area contributed by atoms with Crippen LogP contribution < -0.4 is 15.8 Å². The summed E-state index contributed by atoms with van der Waals surface area (Å²) < 4.78 is 33.7. The van der Waals surface area contributed by atoms with Gasteiger partial charge in [-0.15, -0.1) is 0 Å². The highest BCUT2D eigenvalue weighted by atomic mass is 19.1. The van der Waals surface area contributed by atoms with Gasteiger partial charge in [0.2, 0.25) is 18.5 Å². The van der Waals surface area contributed by atoms with Gasteiger partial charge in [-0.25, -0.2) is 39.3 Å². The normalized spacial score (nSPS) is 14.7. The second-order valence-electron chi connectivity index (χ2n) is 10.9. The van der Waals surface area contributed by atoms with Gasteiger partial charge in [0.1, 0.15) is 25.8 Å². The SMILES string of the molecule is [2H]C([2H])(F)Oc1ccc(-c2ccc3nc(-c4nccnc4N)n(-c4ccc(CN5CCC(Nc6ccnc(C#N)n6)CC5)cc4)c3n2)cn1. The first-order valence-corrected chi connectivity index (χ1v) is 14.8. The molecule has 13 nitrogen and oxygen atoms in total. The topological polar surface area (TPSA) is 169 Å². The van der Waals surface area contributed by atoms with E-state index in [2.05, 4.69) is 52.0 Å². The number of nitrogen functional groups attached to an aromatic ring is 1. The fraction of sp³-hybridized carbons (Fsp3) is 0.212. The van der Waals surface area contributed by atoms with Crippen molar-refractivity contribution in [3.05, 3.63) is 90.8 Å². The number of likely N-dealkylation sites (tertiary alicyclic amines) is 1. The van der Waals surface area contributed by atoms with Crippen LogP contribution in [-0.4, -0.2) is 70.3 Å². The number of nitriles is 1. The van der Waals surface area contributed by atoms with Gasteiger partial charge >= 0.3 is 0 Å². The minimum atomic E-state index is -3.34. The molecule has 14 heteroatoms. The van der Waals surface area contributed by atoms with E-state index in [0.717, 1.165) is 43.7 Å². The Morgan fingerprint density at radius 2 is 1.79 bits per heavy atom. The van der Waals surface area contributed by atoms with E-state index in [1.807, 2.05) is 28.8 Å². The van der Waals surface area contributed by atoms with Gasteiger partial charge in [0, 0.05) is 67.8 Å². The van der Waals surface area contributed by atoms with Crippen LogP contribution in [0.1, 0.15) is 27.0 Å². The molecule has 7 rings (SSSR count). The number of nitrogens with zero attached hydrogens (tertiary/aromatic N) is 10. The molecule has 0 amide bonds. The maximum atomic E-state index is 13.3. The first-order chi connectivity index (χ1) is 23.7. The number of nitrogens with two attached hydrogens (primary N) is 1. The standard InChI is InChI=1S/C33H29FN12O/c34-20-47-29-8-3-22(18-40-29)25-6-7-26-32(42-25)46(33(43-26)30-31(36)39-14-13-38-30)24-4-1-21(2-5-24)19-45-15-10-23(11-16-45)41-27-9-12-37-28(17-35)44-27/h1-9,12-14,18,23H,10-11,15-16,19-20H2,(H2,36,39)(H,37,41,44)/i20D2. The zero-order chi connectivity index (χ0) is 34.0. The quantitative estimate of drug-likeness (QED) is 0.229. The van der Waals surface area contributed by atoms with Crippen molar-refractivity contribution in [2.24, 2.45) is 0 Å². The number of ether oxygens (including phenoxy) is 1. The van der Waals surface area contributed by atoms with Crippen LogP contribution in [-0.2, 0) is 6.54 Å². The lowest BCUT2D eigenvalue weighted by Crippen LogP contribution is -2.38. The highest BCUT2D eigenvalue weighted by Crippen LogP contribution is 2.31. The Labute approximate surface area is 271 Å². The number of piperidine rings is 1. The Hall–Kier alpha value is -6.07. The third-order valence-corrected chi connectivity index (χ3v) is 7.91. The highest BCUT2D eigenvalue weighted by Gasteiger charge is 2.22. The van der Waals surface area contributed by atoms with Crippen molar-refractivity contribution in [1.29, 1.82) is 5.26 Å². The molecule has 234 valence electrons. The number of hydrogen-bond acceptors (Lipinski definition) is 12. The van der Waals surface area contributed by atoms with Crippen LogP contribution in [0.15, 0.2) is 79.4 Å². The number of aromatic nitrogens is 8. The molecular weight excluding hydrogens is 599 g/mol. The maximum absolute atomic E-state index is 13.3. The molecule has 5 aromatic heterocycles. The lowest BCUT2D eigenvalue weighted by Gasteiger charge is -2.32. The fourth-order valence-corrected chi connectivity index (χ4v) is 5.62. The van der Waals surface area contributed by atoms with Crippen molar-refractivity contribution in [2.75, 3.05) is 31.0 Å². The lowest BCUT2D eigenvalue weighted by atomic mass is 10.0. The summed E-state index contributed by atoms with van der Waals surface area (Å²) in [5, 5.41) is 12.5. The van der Waals surface area contributed by atoms with E-state index >= 15 is 0 Å². The number of pyridine rings is 2. The number of fused-ring (bicyclic) bond motifs is 1. The van der Waals surface area contributed by atoms with Gasteiger partial charge in [0.25, 0.3) is 0 Å². The number of nitrogens with one attached hydrogen (secondary N) is 1. The summed E-state index contributed by atoms with van der Waals surface area (Å²) in [6.07, 6.45) is 7.99. The zero-order valence-electron chi connectivity index (χ0n) is 27.0. The molecule has 0 unspecified atom stereocenters. The second kappa shape index (κ2) is 13.1. The number of anilines is 2. The van der Waals surface area contributed by atoms with Gasteiger partial charge in [-0.3, -0.25) is 9.47 Å². The predicted molar refractivity (Wildman–Crippen MR) is 173 cm³/mol. The van der Waals surface area contributed by atoms with Crippen LogP contribution in [0.5, 0.6) is 5.88 Å². The van der Waals surface area contributed by atoms with E-state index in [9.17, 15) is 4.39 Å². The summed E-state index contributed by atoms with van der Waals surface area (Å²) in [5.74, 6) is 1.33. The second-order valence-corrected chi connectivity index (χ2v) is 10.9. The zero-order valence-corrected chi connectivity index (χ0v) is 25.0. The first-order valence-electron chi connectivity index (χ1n) is 15.8. The van der Waals surface area contributed by atoms with Crippen LogP contribution in [0.4, 0.5) is 16.0 Å². The summed E-state index contributed by atoms with van der Waals surface area (Å²) in [7, 11) is 0.